The lowest BCUT2D eigenvalue weighted by Crippen LogP contribution is -2.64. The molecular weight excluding hydrogens is 580 g/mol. The fourth-order valence-corrected chi connectivity index (χ4v) is 5.53. The van der Waals surface area contributed by atoms with E-state index < -0.39 is 11.4 Å². The third-order valence-corrected chi connectivity index (χ3v) is 7.63. The van der Waals surface area contributed by atoms with E-state index in [1.165, 1.54) is 21.4 Å². The summed E-state index contributed by atoms with van der Waals surface area (Å²) < 4.78 is 7.83. The Hall–Kier alpha value is -3.54. The summed E-state index contributed by atoms with van der Waals surface area (Å²) in [6.07, 6.45) is 3.28. The van der Waals surface area contributed by atoms with Crippen LogP contribution in [0.2, 0.25) is 0 Å². The van der Waals surface area contributed by atoms with Gasteiger partial charge in [-0.25, -0.2) is 9.99 Å². The predicted octanol–water partition coefficient (Wildman–Crippen LogP) is 4.72. The molecule has 6 rings (SSSR count). The molecule has 37 heavy (non-hydrogen) atoms. The normalized spacial score (nSPS) is 17.2. The minimum Gasteiger partial charge on any atom is -0.411 e. The van der Waals surface area contributed by atoms with E-state index in [0.29, 0.717) is 27.8 Å². The summed E-state index contributed by atoms with van der Waals surface area (Å²) in [5, 5.41) is 9.46. The van der Waals surface area contributed by atoms with Crippen LogP contribution in [0.4, 0.5) is 0 Å². The Bertz CT molecular complexity index is 1680. The van der Waals surface area contributed by atoms with Crippen molar-refractivity contribution >= 4 is 56.1 Å². The number of fused-ring (bicyclic) bond motifs is 1. The van der Waals surface area contributed by atoms with Gasteiger partial charge in [0.1, 0.15) is 17.2 Å². The molecular formula is C25H16BrClN6O3S. The van der Waals surface area contributed by atoms with Crippen molar-refractivity contribution in [2.24, 2.45) is 0 Å². The number of aromatic nitrogens is 5. The molecule has 2 atom stereocenters. The molecule has 0 aliphatic carbocycles. The third-order valence-electron chi connectivity index (χ3n) is 5.89. The van der Waals surface area contributed by atoms with Gasteiger partial charge in [-0.3, -0.25) is 14.6 Å². The van der Waals surface area contributed by atoms with E-state index in [-0.39, 0.29) is 17.2 Å². The Kier molecular flexibility index (Phi) is 6.27. The van der Waals surface area contributed by atoms with Crippen LogP contribution in [0.3, 0.4) is 0 Å². The molecule has 0 radical (unpaired) electrons. The van der Waals surface area contributed by atoms with Crippen molar-refractivity contribution in [1.29, 1.82) is 0 Å². The Balaban J connectivity index is 1.40. The number of pyridine rings is 1. The topological polar surface area (TPSA) is 107 Å². The van der Waals surface area contributed by atoms with Crippen LogP contribution in [-0.4, -0.2) is 36.1 Å². The molecule has 5 aromatic rings. The fraction of sp³-hybridized carbons (Fsp3) is 0.120. The molecule has 0 N–H and O–H groups in total. The standard InChI is InChI=1S/C25H16BrClN6O3S/c26-16-6-7-18-17(12-16)23(34)32(33-21(20(27)24(33)35)14-4-2-1-3-5-14)19(29-18)13-37-25-31-30-22(36-25)15-8-10-28-11-9-15/h1-12,20-21H,13H2. The summed E-state index contributed by atoms with van der Waals surface area (Å²) in [5.74, 6) is 0.520. The van der Waals surface area contributed by atoms with Crippen molar-refractivity contribution in [2.45, 2.75) is 22.4 Å². The molecule has 184 valence electrons. The van der Waals surface area contributed by atoms with Crippen molar-refractivity contribution < 1.29 is 9.21 Å². The number of hydrogen-bond acceptors (Lipinski definition) is 8. The number of alkyl halides is 1. The number of carbonyl (C=O) groups excluding carboxylic acids is 1. The second-order valence-corrected chi connectivity index (χ2v) is 10.5. The van der Waals surface area contributed by atoms with Gasteiger partial charge in [0.2, 0.25) is 5.89 Å². The number of nitrogens with zero attached hydrogens (tertiary/aromatic N) is 6. The van der Waals surface area contributed by atoms with Crippen LogP contribution in [0.1, 0.15) is 17.4 Å². The molecule has 9 nitrogen and oxygen atoms in total. The summed E-state index contributed by atoms with van der Waals surface area (Å²) in [7, 11) is 0. The van der Waals surface area contributed by atoms with Crippen molar-refractivity contribution in [2.75, 3.05) is 5.01 Å². The van der Waals surface area contributed by atoms with Crippen molar-refractivity contribution in [3.63, 3.8) is 0 Å². The van der Waals surface area contributed by atoms with Gasteiger partial charge in [0.25, 0.3) is 16.7 Å². The first-order valence-electron chi connectivity index (χ1n) is 11.1. The van der Waals surface area contributed by atoms with Gasteiger partial charge in [-0.05, 0) is 35.9 Å². The minimum atomic E-state index is -0.799. The molecule has 0 spiro atoms. The lowest BCUT2D eigenvalue weighted by molar-refractivity contribution is -0.126. The molecule has 12 heteroatoms. The smallest absolute Gasteiger partial charge is 0.280 e. The van der Waals surface area contributed by atoms with Gasteiger partial charge in [0.15, 0.2) is 0 Å². The van der Waals surface area contributed by atoms with Gasteiger partial charge in [-0.15, -0.1) is 21.8 Å². The van der Waals surface area contributed by atoms with E-state index in [2.05, 4.69) is 31.1 Å². The van der Waals surface area contributed by atoms with Crippen molar-refractivity contribution in [3.8, 4) is 11.5 Å². The quantitative estimate of drug-likeness (QED) is 0.158. The van der Waals surface area contributed by atoms with Crippen LogP contribution in [0.15, 0.2) is 92.0 Å². The predicted molar refractivity (Wildman–Crippen MR) is 143 cm³/mol. The lowest BCUT2D eigenvalue weighted by Gasteiger charge is -2.45. The Morgan fingerprint density at radius 1 is 1.03 bits per heavy atom. The number of halogens is 2. The molecule has 4 heterocycles. The first-order chi connectivity index (χ1) is 18.0. The largest absolute Gasteiger partial charge is 0.411 e. The second kappa shape index (κ2) is 9.73. The molecule has 0 saturated carbocycles. The second-order valence-electron chi connectivity index (χ2n) is 8.14. The summed E-state index contributed by atoms with van der Waals surface area (Å²) in [5.41, 5.74) is 1.70. The summed E-state index contributed by atoms with van der Waals surface area (Å²) in [6.45, 7) is 0. The van der Waals surface area contributed by atoms with E-state index >= 15 is 0 Å². The van der Waals surface area contributed by atoms with Gasteiger partial charge in [0, 0.05) is 22.4 Å². The maximum atomic E-state index is 13.8. The van der Waals surface area contributed by atoms with Gasteiger partial charge < -0.3 is 4.42 Å². The zero-order valence-electron chi connectivity index (χ0n) is 18.9. The van der Waals surface area contributed by atoms with Gasteiger partial charge in [0.05, 0.1) is 16.7 Å². The minimum absolute atomic E-state index is 0.192. The molecule has 1 amide bonds. The Morgan fingerprint density at radius 2 is 1.81 bits per heavy atom. The lowest BCUT2D eigenvalue weighted by atomic mass is 9.95. The molecule has 1 aliphatic heterocycles. The number of carbonyl (C=O) groups is 1. The molecule has 1 fully saturated rings. The van der Waals surface area contributed by atoms with Crippen molar-refractivity contribution in [1.82, 2.24) is 24.8 Å². The van der Waals surface area contributed by atoms with E-state index in [0.717, 1.165) is 15.6 Å². The molecule has 0 bridgehead atoms. The highest BCUT2D eigenvalue weighted by Gasteiger charge is 2.49. The van der Waals surface area contributed by atoms with Crippen LogP contribution in [0.5, 0.6) is 0 Å². The zero-order chi connectivity index (χ0) is 25.5. The third kappa shape index (κ3) is 4.32. The van der Waals surface area contributed by atoms with Crippen LogP contribution in [-0.2, 0) is 10.5 Å². The van der Waals surface area contributed by atoms with Crippen LogP contribution >= 0.6 is 39.3 Å². The van der Waals surface area contributed by atoms with Crippen LogP contribution in [0, 0.1) is 0 Å². The molecule has 3 aromatic heterocycles. The highest BCUT2D eigenvalue weighted by molar-refractivity contribution is 9.10. The van der Waals surface area contributed by atoms with Gasteiger partial charge in [-0.1, -0.05) is 58.0 Å². The molecule has 1 saturated heterocycles. The summed E-state index contributed by atoms with van der Waals surface area (Å²) in [4.78, 5) is 35.5. The maximum absolute atomic E-state index is 13.8. The molecule has 2 aromatic carbocycles. The van der Waals surface area contributed by atoms with Gasteiger partial charge in [-0.2, -0.15) is 4.68 Å². The highest BCUT2D eigenvalue weighted by atomic mass is 79.9. The number of amides is 1. The monoisotopic (exact) mass is 594 g/mol. The number of thioether (sulfide) groups is 1. The number of β-lactam (4-membered cyclic amide) rings is 1. The maximum Gasteiger partial charge on any atom is 0.280 e. The zero-order valence-corrected chi connectivity index (χ0v) is 22.0. The van der Waals surface area contributed by atoms with Crippen LogP contribution in [0.25, 0.3) is 22.4 Å². The number of rotatable bonds is 6. The van der Waals surface area contributed by atoms with E-state index in [1.807, 2.05) is 36.4 Å². The van der Waals surface area contributed by atoms with E-state index in [1.54, 1.807) is 36.7 Å². The van der Waals surface area contributed by atoms with Gasteiger partial charge >= 0.3 is 0 Å². The average molecular weight is 596 g/mol. The molecule has 1 aliphatic rings. The summed E-state index contributed by atoms with van der Waals surface area (Å²) in [6, 6.07) is 17.6. The van der Waals surface area contributed by atoms with E-state index in [9.17, 15) is 9.59 Å². The van der Waals surface area contributed by atoms with Crippen LogP contribution < -0.4 is 10.6 Å². The Labute approximate surface area is 227 Å². The highest BCUT2D eigenvalue weighted by Crippen LogP contribution is 2.37. The number of benzene rings is 2. The average Bonchev–Trinajstić information content (AvgIpc) is 3.41. The summed E-state index contributed by atoms with van der Waals surface area (Å²) >= 11 is 11.1. The van der Waals surface area contributed by atoms with E-state index in [4.69, 9.17) is 21.0 Å². The molecule has 2 unspecified atom stereocenters. The SMILES string of the molecule is O=C1C(Cl)C(c2ccccc2)N1n1c(CSc2nnc(-c3ccncc3)o2)nc2ccc(Br)cc2c1=O. The first kappa shape index (κ1) is 23.8. The fourth-order valence-electron chi connectivity index (χ4n) is 4.14. The van der Waals surface area contributed by atoms with Crippen molar-refractivity contribution in [3.05, 3.63) is 99.3 Å². The number of hydrogen-bond donors (Lipinski definition) is 0. The first-order valence-corrected chi connectivity index (χ1v) is 13.3. The Morgan fingerprint density at radius 3 is 2.59 bits per heavy atom.